The van der Waals surface area contributed by atoms with E-state index >= 15 is 0 Å². The van der Waals surface area contributed by atoms with Gasteiger partial charge in [-0.15, -0.1) is 6.58 Å². The van der Waals surface area contributed by atoms with Crippen LogP contribution in [0.3, 0.4) is 0 Å². The zero-order chi connectivity index (χ0) is 12.8. The Morgan fingerprint density at radius 1 is 1.44 bits per heavy atom. The molecule has 0 fully saturated rings. The molecule has 0 spiro atoms. The number of nitrogens with zero attached hydrogens (tertiary/aromatic N) is 1. The summed E-state index contributed by atoms with van der Waals surface area (Å²) in [5.41, 5.74) is 2.71. The smallest absolute Gasteiger partial charge is 0.224 e. The van der Waals surface area contributed by atoms with E-state index in [0.717, 1.165) is 16.9 Å². The molecule has 1 aromatic heterocycles. The third-order valence-corrected chi connectivity index (χ3v) is 2.53. The Morgan fingerprint density at radius 2 is 2.33 bits per heavy atom. The number of aromatic nitrogens is 2. The van der Waals surface area contributed by atoms with Gasteiger partial charge in [-0.1, -0.05) is 18.2 Å². The Bertz CT molecular complexity index is 532. The van der Waals surface area contributed by atoms with Gasteiger partial charge in [0.15, 0.2) is 0 Å². The molecule has 0 bridgehead atoms. The highest BCUT2D eigenvalue weighted by atomic mass is 16.1. The maximum absolute atomic E-state index is 11.6. The Morgan fingerprint density at radius 3 is 3.06 bits per heavy atom. The molecule has 0 saturated carbocycles. The molecule has 4 nitrogen and oxygen atoms in total. The molecule has 0 unspecified atom stereocenters. The number of anilines is 1. The molecule has 0 radical (unpaired) electrons. The average Bonchev–Trinajstić information content (AvgIpc) is 2.90. The highest BCUT2D eigenvalue weighted by molar-refractivity contribution is 5.91. The summed E-state index contributed by atoms with van der Waals surface area (Å²) in [5, 5.41) is 9.66. The van der Waals surface area contributed by atoms with Gasteiger partial charge >= 0.3 is 0 Å². The molecule has 0 saturated heterocycles. The Hall–Kier alpha value is -2.36. The van der Waals surface area contributed by atoms with Crippen molar-refractivity contribution in [3.8, 4) is 11.3 Å². The van der Waals surface area contributed by atoms with E-state index in [1.165, 1.54) is 0 Å². The second kappa shape index (κ2) is 5.82. The van der Waals surface area contributed by atoms with Crippen molar-refractivity contribution in [1.29, 1.82) is 0 Å². The van der Waals surface area contributed by atoms with Crippen LogP contribution in [0.25, 0.3) is 11.3 Å². The lowest BCUT2D eigenvalue weighted by Crippen LogP contribution is -2.10. The van der Waals surface area contributed by atoms with E-state index in [1.807, 2.05) is 30.3 Å². The minimum atomic E-state index is -0.00309. The minimum absolute atomic E-state index is 0.00309. The van der Waals surface area contributed by atoms with E-state index in [2.05, 4.69) is 22.1 Å². The predicted octanol–water partition coefficient (Wildman–Crippen LogP) is 2.98. The summed E-state index contributed by atoms with van der Waals surface area (Å²) in [6.45, 7) is 3.60. The number of amides is 1. The molecule has 0 aliphatic carbocycles. The third kappa shape index (κ3) is 3.07. The molecule has 2 rings (SSSR count). The lowest BCUT2D eigenvalue weighted by atomic mass is 10.1. The van der Waals surface area contributed by atoms with Crippen molar-refractivity contribution in [2.45, 2.75) is 12.8 Å². The first-order valence-corrected chi connectivity index (χ1v) is 5.80. The second-order valence-electron chi connectivity index (χ2n) is 3.93. The summed E-state index contributed by atoms with van der Waals surface area (Å²) in [7, 11) is 0. The topological polar surface area (TPSA) is 57.8 Å². The van der Waals surface area contributed by atoms with E-state index in [-0.39, 0.29) is 5.91 Å². The van der Waals surface area contributed by atoms with Crippen LogP contribution in [0, 0.1) is 0 Å². The summed E-state index contributed by atoms with van der Waals surface area (Å²) < 4.78 is 0. The van der Waals surface area contributed by atoms with Crippen LogP contribution in [-0.4, -0.2) is 16.1 Å². The maximum Gasteiger partial charge on any atom is 0.224 e. The number of carbonyl (C=O) groups excluding carboxylic acids is 1. The fraction of sp³-hybridized carbons (Fsp3) is 0.143. The quantitative estimate of drug-likeness (QED) is 0.790. The molecule has 2 N–H and O–H groups in total. The number of rotatable bonds is 5. The molecule has 1 aromatic carbocycles. The summed E-state index contributed by atoms with van der Waals surface area (Å²) >= 11 is 0. The maximum atomic E-state index is 11.6. The van der Waals surface area contributed by atoms with Crippen molar-refractivity contribution in [2.24, 2.45) is 0 Å². The summed E-state index contributed by atoms with van der Waals surface area (Å²) in [4.78, 5) is 11.6. The monoisotopic (exact) mass is 241 g/mol. The average molecular weight is 241 g/mol. The lowest BCUT2D eigenvalue weighted by Gasteiger charge is -2.06. The summed E-state index contributed by atoms with van der Waals surface area (Å²) in [6.07, 6.45) is 4.58. The van der Waals surface area contributed by atoms with Gasteiger partial charge in [-0.05, 0) is 24.6 Å². The highest BCUT2D eigenvalue weighted by Gasteiger charge is 2.03. The van der Waals surface area contributed by atoms with Gasteiger partial charge in [-0.2, -0.15) is 5.10 Å². The Labute approximate surface area is 106 Å². The standard InChI is InChI=1S/C14H15N3O/c1-2-3-7-14(18)16-12-6-4-5-11(10-12)13-8-9-15-17-13/h2,4-6,8-10H,1,3,7H2,(H,15,17)(H,16,18). The van der Waals surface area contributed by atoms with Crippen LogP contribution in [0.5, 0.6) is 0 Å². The molecule has 0 atom stereocenters. The fourth-order valence-corrected chi connectivity index (χ4v) is 1.64. The summed E-state index contributed by atoms with van der Waals surface area (Å²) in [6, 6.07) is 9.54. The molecular weight excluding hydrogens is 226 g/mol. The predicted molar refractivity (Wildman–Crippen MR) is 72.1 cm³/mol. The van der Waals surface area contributed by atoms with Crippen molar-refractivity contribution in [1.82, 2.24) is 10.2 Å². The van der Waals surface area contributed by atoms with Gasteiger partial charge in [0.2, 0.25) is 5.91 Å². The van der Waals surface area contributed by atoms with Gasteiger partial charge in [-0.25, -0.2) is 0 Å². The van der Waals surface area contributed by atoms with Gasteiger partial charge < -0.3 is 5.32 Å². The van der Waals surface area contributed by atoms with Crippen LogP contribution in [0.4, 0.5) is 5.69 Å². The van der Waals surface area contributed by atoms with Crippen LogP contribution < -0.4 is 5.32 Å². The van der Waals surface area contributed by atoms with Crippen LogP contribution in [0.2, 0.25) is 0 Å². The Balaban J connectivity index is 2.08. The van der Waals surface area contributed by atoms with E-state index in [1.54, 1.807) is 12.3 Å². The molecule has 4 heteroatoms. The molecular formula is C14H15N3O. The molecule has 18 heavy (non-hydrogen) atoms. The number of allylic oxidation sites excluding steroid dienone is 1. The van der Waals surface area contributed by atoms with Gasteiger partial charge in [0.1, 0.15) is 0 Å². The molecule has 0 aliphatic heterocycles. The number of carbonyl (C=O) groups is 1. The zero-order valence-electron chi connectivity index (χ0n) is 10.0. The number of aromatic amines is 1. The van der Waals surface area contributed by atoms with E-state index in [4.69, 9.17) is 0 Å². The van der Waals surface area contributed by atoms with Crippen LogP contribution in [0.1, 0.15) is 12.8 Å². The third-order valence-electron chi connectivity index (χ3n) is 2.53. The largest absolute Gasteiger partial charge is 0.326 e. The summed E-state index contributed by atoms with van der Waals surface area (Å²) in [5.74, 6) is -0.00309. The highest BCUT2D eigenvalue weighted by Crippen LogP contribution is 2.20. The van der Waals surface area contributed by atoms with Gasteiger partial charge in [0, 0.05) is 23.9 Å². The number of hydrogen-bond donors (Lipinski definition) is 2. The van der Waals surface area contributed by atoms with E-state index < -0.39 is 0 Å². The van der Waals surface area contributed by atoms with Gasteiger partial charge in [0.25, 0.3) is 0 Å². The van der Waals surface area contributed by atoms with Gasteiger partial charge in [-0.3, -0.25) is 9.89 Å². The normalized spacial score (nSPS) is 10.0. The number of H-pyrrole nitrogens is 1. The molecule has 92 valence electrons. The zero-order valence-corrected chi connectivity index (χ0v) is 10.0. The van der Waals surface area contributed by atoms with Crippen molar-refractivity contribution in [3.05, 3.63) is 49.2 Å². The fourth-order valence-electron chi connectivity index (χ4n) is 1.64. The van der Waals surface area contributed by atoms with Crippen LogP contribution in [-0.2, 0) is 4.79 Å². The van der Waals surface area contributed by atoms with Gasteiger partial charge in [0.05, 0.1) is 5.69 Å². The van der Waals surface area contributed by atoms with Crippen molar-refractivity contribution in [2.75, 3.05) is 5.32 Å². The number of hydrogen-bond acceptors (Lipinski definition) is 2. The number of benzene rings is 1. The van der Waals surface area contributed by atoms with E-state index in [0.29, 0.717) is 12.8 Å². The molecule has 1 heterocycles. The first-order valence-electron chi connectivity index (χ1n) is 5.80. The minimum Gasteiger partial charge on any atom is -0.326 e. The Kier molecular flexibility index (Phi) is 3.91. The van der Waals surface area contributed by atoms with Crippen molar-refractivity contribution in [3.63, 3.8) is 0 Å². The first-order chi connectivity index (χ1) is 8.79. The molecule has 2 aromatic rings. The number of nitrogens with one attached hydrogen (secondary N) is 2. The van der Waals surface area contributed by atoms with Crippen molar-refractivity contribution < 1.29 is 4.79 Å². The first kappa shape index (κ1) is 12.1. The lowest BCUT2D eigenvalue weighted by molar-refractivity contribution is -0.116. The second-order valence-corrected chi connectivity index (χ2v) is 3.93. The SMILES string of the molecule is C=CCCC(=O)Nc1cccc(-c2ccn[nH]2)c1. The van der Waals surface area contributed by atoms with Crippen molar-refractivity contribution >= 4 is 11.6 Å². The van der Waals surface area contributed by atoms with E-state index in [9.17, 15) is 4.79 Å². The molecule has 1 amide bonds. The molecule has 0 aliphatic rings. The van der Waals surface area contributed by atoms with Crippen LogP contribution in [0.15, 0.2) is 49.2 Å². The van der Waals surface area contributed by atoms with Crippen LogP contribution >= 0.6 is 0 Å².